The van der Waals surface area contributed by atoms with Gasteiger partial charge in [-0.3, -0.25) is 0 Å². The lowest BCUT2D eigenvalue weighted by molar-refractivity contribution is 0.487. The highest BCUT2D eigenvalue weighted by atomic mass is 16.5. The SMILES string of the molecule is c1ccc(-c2cccc(-c3ccc4c(c3)c3ccccc3n4-c3ccc(-c4ccc5c(c4)Oc4cccc6c4c-5cc4c6c5ccccc5n4-c4ccccc4)cc3)c2)cc1. The van der Waals surface area contributed by atoms with Gasteiger partial charge in [-0.05, 0) is 123 Å². The van der Waals surface area contributed by atoms with Crippen molar-refractivity contribution >= 4 is 54.4 Å². The van der Waals surface area contributed by atoms with Gasteiger partial charge in [0.15, 0.2) is 0 Å². The summed E-state index contributed by atoms with van der Waals surface area (Å²) in [4.78, 5) is 0. The van der Waals surface area contributed by atoms with Crippen molar-refractivity contribution in [2.45, 2.75) is 0 Å². The van der Waals surface area contributed by atoms with E-state index in [4.69, 9.17) is 4.74 Å². The number of hydrogen-bond acceptors (Lipinski definition) is 1. The summed E-state index contributed by atoms with van der Waals surface area (Å²) in [7, 11) is 0. The first-order chi connectivity index (χ1) is 30.2. The highest BCUT2D eigenvalue weighted by molar-refractivity contribution is 6.26. The molecule has 61 heavy (non-hydrogen) atoms. The molecule has 0 saturated carbocycles. The number of rotatable bonds is 5. The van der Waals surface area contributed by atoms with Crippen LogP contribution >= 0.6 is 0 Å². The van der Waals surface area contributed by atoms with Crippen molar-refractivity contribution in [1.29, 1.82) is 0 Å². The van der Waals surface area contributed by atoms with Crippen LogP contribution < -0.4 is 4.74 Å². The third kappa shape index (κ3) is 5.17. The molecule has 1 aliphatic rings. The van der Waals surface area contributed by atoms with Crippen LogP contribution in [0, 0.1) is 0 Å². The van der Waals surface area contributed by atoms with Crippen molar-refractivity contribution in [3.8, 4) is 67.4 Å². The Hall–Kier alpha value is -8.14. The third-order valence-corrected chi connectivity index (χ3v) is 12.7. The predicted molar refractivity (Wildman–Crippen MR) is 254 cm³/mol. The Kier molecular flexibility index (Phi) is 7.31. The molecule has 12 aromatic rings. The normalized spacial score (nSPS) is 12.1. The van der Waals surface area contributed by atoms with Crippen LogP contribution in [0.25, 0.3) is 110 Å². The van der Waals surface area contributed by atoms with Crippen LogP contribution in [0.15, 0.2) is 218 Å². The summed E-state index contributed by atoms with van der Waals surface area (Å²) in [5, 5.41) is 7.34. The molecule has 2 aromatic heterocycles. The predicted octanol–water partition coefficient (Wildman–Crippen LogP) is 15.8. The number of benzene rings is 10. The average molecular weight is 777 g/mol. The molecule has 0 fully saturated rings. The van der Waals surface area contributed by atoms with Gasteiger partial charge in [0.25, 0.3) is 0 Å². The van der Waals surface area contributed by atoms with Crippen molar-refractivity contribution in [3.63, 3.8) is 0 Å². The molecule has 3 nitrogen and oxygen atoms in total. The van der Waals surface area contributed by atoms with Crippen LogP contribution in [-0.4, -0.2) is 9.13 Å². The van der Waals surface area contributed by atoms with Gasteiger partial charge < -0.3 is 13.9 Å². The average Bonchev–Trinajstić information content (AvgIpc) is 3.85. The Morgan fingerprint density at radius 3 is 1.62 bits per heavy atom. The van der Waals surface area contributed by atoms with Gasteiger partial charge >= 0.3 is 0 Å². The first kappa shape index (κ1) is 33.8. The van der Waals surface area contributed by atoms with E-state index in [0.717, 1.165) is 45.0 Å². The quantitative estimate of drug-likeness (QED) is 0.170. The van der Waals surface area contributed by atoms with Crippen molar-refractivity contribution in [3.05, 3.63) is 218 Å². The Bertz CT molecular complexity index is 3710. The van der Waals surface area contributed by atoms with Gasteiger partial charge in [-0.15, -0.1) is 0 Å². The molecule has 13 rings (SSSR count). The maximum Gasteiger partial charge on any atom is 0.135 e. The highest BCUT2D eigenvalue weighted by Gasteiger charge is 2.25. The van der Waals surface area contributed by atoms with E-state index in [2.05, 4.69) is 228 Å². The molecule has 0 aliphatic carbocycles. The van der Waals surface area contributed by atoms with Gasteiger partial charge in [0.05, 0.1) is 22.1 Å². The fourth-order valence-corrected chi connectivity index (χ4v) is 9.93. The minimum Gasteiger partial charge on any atom is -0.456 e. The lowest BCUT2D eigenvalue weighted by Gasteiger charge is -2.23. The molecule has 3 heterocycles. The summed E-state index contributed by atoms with van der Waals surface area (Å²) in [6.45, 7) is 0. The van der Waals surface area contributed by atoms with E-state index in [1.165, 1.54) is 76.8 Å². The second kappa shape index (κ2) is 13.2. The number of aromatic nitrogens is 2. The smallest absolute Gasteiger partial charge is 0.135 e. The van der Waals surface area contributed by atoms with Crippen LogP contribution in [-0.2, 0) is 0 Å². The molecular weight excluding hydrogens is 741 g/mol. The van der Waals surface area contributed by atoms with Gasteiger partial charge in [0, 0.05) is 43.9 Å². The zero-order valence-corrected chi connectivity index (χ0v) is 33.1. The number of para-hydroxylation sites is 3. The van der Waals surface area contributed by atoms with Crippen LogP contribution in [0.4, 0.5) is 0 Å². The van der Waals surface area contributed by atoms with Crippen molar-refractivity contribution in [2.75, 3.05) is 0 Å². The number of nitrogens with zero attached hydrogens (tertiary/aromatic N) is 2. The summed E-state index contributed by atoms with van der Waals surface area (Å²) in [5.74, 6) is 1.76. The fraction of sp³-hybridized carbons (Fsp3) is 0. The highest BCUT2D eigenvalue weighted by Crippen LogP contribution is 2.51. The molecule has 0 saturated heterocycles. The topological polar surface area (TPSA) is 19.1 Å². The summed E-state index contributed by atoms with van der Waals surface area (Å²) in [6, 6.07) is 79.0. The summed E-state index contributed by atoms with van der Waals surface area (Å²) in [5.41, 5.74) is 16.5. The first-order valence-corrected chi connectivity index (χ1v) is 20.9. The van der Waals surface area contributed by atoms with Gasteiger partial charge in [0.2, 0.25) is 0 Å². The largest absolute Gasteiger partial charge is 0.456 e. The molecular formula is C58H36N2O. The Morgan fingerprint density at radius 2 is 0.803 bits per heavy atom. The van der Waals surface area contributed by atoms with E-state index >= 15 is 0 Å². The van der Waals surface area contributed by atoms with Crippen molar-refractivity contribution < 1.29 is 4.74 Å². The van der Waals surface area contributed by atoms with Crippen LogP contribution in [0.1, 0.15) is 0 Å². The maximum absolute atomic E-state index is 6.80. The third-order valence-electron chi connectivity index (χ3n) is 12.7. The van der Waals surface area contributed by atoms with E-state index in [9.17, 15) is 0 Å². The minimum absolute atomic E-state index is 0.871. The van der Waals surface area contributed by atoms with Crippen molar-refractivity contribution in [1.82, 2.24) is 9.13 Å². The molecule has 10 aromatic carbocycles. The zero-order chi connectivity index (χ0) is 40.0. The zero-order valence-electron chi connectivity index (χ0n) is 33.1. The second-order valence-electron chi connectivity index (χ2n) is 16.1. The molecule has 1 aliphatic heterocycles. The van der Waals surface area contributed by atoms with Gasteiger partial charge in [-0.25, -0.2) is 0 Å². The van der Waals surface area contributed by atoms with Gasteiger partial charge in [0.1, 0.15) is 11.5 Å². The Morgan fingerprint density at radius 1 is 0.262 bits per heavy atom. The number of ether oxygens (including phenoxy) is 1. The standard InChI is InChI=1S/C58H36N2O/c1-3-13-37(14-4-1)39-15-11-16-40(33-39)41-28-32-53-49(34-41)45-19-7-9-22-51(45)59(53)44-29-25-38(26-30-44)42-27-31-46-50-36-54-57(48-21-12-24-55(58(48)50)61-56(46)35-42)47-20-8-10-23-52(47)60(54)43-17-5-2-6-18-43/h1-36H. The lowest BCUT2D eigenvalue weighted by atomic mass is 9.91. The van der Waals surface area contributed by atoms with Crippen LogP contribution in [0.3, 0.4) is 0 Å². The lowest BCUT2D eigenvalue weighted by Crippen LogP contribution is -1.99. The molecule has 0 amide bonds. The molecule has 0 radical (unpaired) electrons. The molecule has 3 heteroatoms. The first-order valence-electron chi connectivity index (χ1n) is 20.9. The van der Waals surface area contributed by atoms with Crippen LogP contribution in [0.2, 0.25) is 0 Å². The minimum atomic E-state index is 0.871. The van der Waals surface area contributed by atoms with E-state index in [0.29, 0.717) is 0 Å². The number of hydrogen-bond donors (Lipinski definition) is 0. The second-order valence-corrected chi connectivity index (χ2v) is 16.1. The molecule has 0 unspecified atom stereocenters. The summed E-state index contributed by atoms with van der Waals surface area (Å²) in [6.07, 6.45) is 0. The number of fused-ring (bicyclic) bond motifs is 9. The maximum atomic E-state index is 6.80. The van der Waals surface area contributed by atoms with E-state index < -0.39 is 0 Å². The molecule has 0 N–H and O–H groups in total. The summed E-state index contributed by atoms with van der Waals surface area (Å²) < 4.78 is 11.6. The fourth-order valence-electron chi connectivity index (χ4n) is 9.93. The van der Waals surface area contributed by atoms with E-state index in [-0.39, 0.29) is 0 Å². The summed E-state index contributed by atoms with van der Waals surface area (Å²) >= 11 is 0. The van der Waals surface area contributed by atoms with E-state index in [1.807, 2.05) is 0 Å². The molecule has 0 atom stereocenters. The van der Waals surface area contributed by atoms with Crippen LogP contribution in [0.5, 0.6) is 11.5 Å². The molecule has 0 bridgehead atoms. The Balaban J connectivity index is 0.893. The Labute approximate surface area is 352 Å². The van der Waals surface area contributed by atoms with Gasteiger partial charge in [-0.1, -0.05) is 140 Å². The molecule has 0 spiro atoms. The van der Waals surface area contributed by atoms with E-state index in [1.54, 1.807) is 0 Å². The van der Waals surface area contributed by atoms with Crippen molar-refractivity contribution in [2.24, 2.45) is 0 Å². The molecule has 284 valence electrons. The monoisotopic (exact) mass is 776 g/mol. The van der Waals surface area contributed by atoms with Gasteiger partial charge in [-0.2, -0.15) is 0 Å².